The Balaban J connectivity index is 0.000000129. The average molecular weight is 1610 g/mol. The Morgan fingerprint density at radius 3 is 0.967 bits per heavy atom. The number of amides is 2. The summed E-state index contributed by atoms with van der Waals surface area (Å²) in [5, 5.41) is 64.7. The first-order valence-electron chi connectivity index (χ1n) is 39.0. The van der Waals surface area contributed by atoms with Crippen LogP contribution in [0.4, 0.5) is 17.8 Å². The predicted molar refractivity (Wildman–Crippen MR) is 438 cm³/mol. The van der Waals surface area contributed by atoms with Gasteiger partial charge in [-0.05, 0) is 108 Å². The molecule has 5 aliphatic rings. The number of aliphatic carboxylic acids is 1. The van der Waals surface area contributed by atoms with Crippen molar-refractivity contribution in [1.29, 1.82) is 0 Å². The molecule has 0 bridgehead atoms. The van der Waals surface area contributed by atoms with E-state index in [2.05, 4.69) is 155 Å². The Hall–Kier alpha value is -15.3. The molecule has 602 valence electrons. The molecule has 2 amide bonds. The van der Waals surface area contributed by atoms with E-state index in [9.17, 15) is 39.0 Å². The third-order valence-corrected chi connectivity index (χ3v) is 21.8. The van der Waals surface area contributed by atoms with Crippen molar-refractivity contribution in [3.8, 4) is 67.2 Å². The van der Waals surface area contributed by atoms with Gasteiger partial charge in [-0.3, -0.25) is 28.4 Å². The Bertz CT molecular complexity index is 6050. The standard InChI is InChI=1S/C31H29N9O3.C30H27N9O3.C26H23N5O4/c1-43-30(42)20-8-6-19(7-9-20)29-25(16-40(37-29)18-28(41)39-11-10-26-27(17-39)36-38-35-26)23-14-32-31(33-15-23)34-24-12-21-4-2-3-5-22(21)13-24;40-27(38-10-9-25-26(16-38)35-37-34-25)17-39-15-24(28(36-39)18-5-7-19(8-6-18)29(41)42)22-13-31-30(32-14-22)33-23-11-20-3-1-2-4-21(20)12-23;1-35-25(34)17-8-6-16(7-9-17)24-22(14-31(30-24)15-23(32)33)20-12-27-26(28-13-20)29-21-10-18-4-2-3-5-19(18)11-21/h2-9,14-16,24H,10-13,17-18H2,1H3,(H,32,33,34)(H,35,36,38);1-8,13-15,23H,9-12,16-17H2,(H,41,42)(H,31,32,33)(H,34,35,37);2-9,12-14,21H,10-11,15H2,1H3,(H,32,33)(H,27,28,29). The minimum Gasteiger partial charge on any atom is -0.480 e. The molecule has 2 aliphatic heterocycles. The lowest BCUT2D eigenvalue weighted by Crippen LogP contribution is -2.38. The van der Waals surface area contributed by atoms with Crippen molar-refractivity contribution in [1.82, 2.24) is 99.9 Å². The number of carboxylic acids is 2. The molecular formula is C87H79N23O10. The minimum absolute atomic E-state index is 0.0378. The number of benzene rings is 6. The van der Waals surface area contributed by atoms with E-state index in [1.54, 1.807) is 111 Å². The zero-order chi connectivity index (χ0) is 82.3. The number of fused-ring (bicyclic) bond motifs is 5. The summed E-state index contributed by atoms with van der Waals surface area (Å²) < 4.78 is 14.2. The molecule has 19 rings (SSSR count). The Morgan fingerprint density at radius 1 is 0.383 bits per heavy atom. The number of aromatic carboxylic acids is 1. The Morgan fingerprint density at radius 2 is 0.675 bits per heavy atom. The van der Waals surface area contributed by atoms with Gasteiger partial charge in [-0.2, -0.15) is 46.1 Å². The fraction of sp³-hybridized carbons (Fsp3) is 0.230. The highest BCUT2D eigenvalue weighted by Crippen LogP contribution is 2.37. The molecule has 0 spiro atoms. The van der Waals surface area contributed by atoms with E-state index >= 15 is 0 Å². The van der Waals surface area contributed by atoms with Gasteiger partial charge in [0.25, 0.3) is 0 Å². The van der Waals surface area contributed by atoms with Gasteiger partial charge in [-0.15, -0.1) is 0 Å². The SMILES string of the molecule is COC(=O)c1ccc(-c2nn(CC(=O)N3CCc4n[nH]nc4C3)cc2-c2cnc(NC3Cc4ccccc4C3)nc2)cc1.COC(=O)c1ccc(-c2nn(CC(=O)O)cc2-c2cnc(NC3Cc4ccccc4C3)nc2)cc1.O=C(O)c1ccc(-c2nn(CC(=O)N3CCc4n[nH]nc4C3)cc2-c2cnc(NC3Cc4ccccc4C3)nc2)cc1. The van der Waals surface area contributed by atoms with Crippen molar-refractivity contribution < 1.29 is 48.5 Å². The molecule has 0 saturated carbocycles. The smallest absolute Gasteiger partial charge is 0.337 e. The number of methoxy groups -OCH3 is 2. The maximum Gasteiger partial charge on any atom is 0.337 e. The number of hydrogen-bond donors (Lipinski definition) is 7. The maximum absolute atomic E-state index is 13.3. The van der Waals surface area contributed by atoms with E-state index in [0.717, 1.165) is 100 Å². The number of carboxylic acid groups (broad SMARTS) is 2. The summed E-state index contributed by atoms with van der Waals surface area (Å²) in [5.74, 6) is -1.36. The molecule has 33 nitrogen and oxygen atoms in total. The second kappa shape index (κ2) is 34.2. The Labute approximate surface area is 685 Å². The summed E-state index contributed by atoms with van der Waals surface area (Å²) in [6.07, 6.45) is 22.6. The van der Waals surface area contributed by atoms with Gasteiger partial charge in [-0.25, -0.2) is 44.3 Å². The number of aromatic amines is 2. The number of ether oxygens (including phenoxy) is 2. The number of aromatic nitrogens is 18. The monoisotopic (exact) mass is 1610 g/mol. The lowest BCUT2D eigenvalue weighted by Gasteiger charge is -2.25. The number of nitrogens with zero attached hydrogens (tertiary/aromatic N) is 18. The number of carbonyl (C=O) groups is 6. The third kappa shape index (κ3) is 17.3. The van der Waals surface area contributed by atoms with Crippen LogP contribution in [0, 0.1) is 0 Å². The van der Waals surface area contributed by atoms with Crippen molar-refractivity contribution in [3.63, 3.8) is 0 Å². The van der Waals surface area contributed by atoms with Crippen LogP contribution in [-0.2, 0) is 108 Å². The molecule has 3 aliphatic carbocycles. The summed E-state index contributed by atoms with van der Waals surface area (Å²) in [5.41, 5.74) is 20.9. The highest BCUT2D eigenvalue weighted by Gasteiger charge is 2.30. The first-order valence-corrected chi connectivity index (χ1v) is 39.0. The zero-order valence-electron chi connectivity index (χ0n) is 65.1. The third-order valence-electron chi connectivity index (χ3n) is 21.8. The van der Waals surface area contributed by atoms with Gasteiger partial charge in [0.2, 0.25) is 29.7 Å². The topological polar surface area (TPSA) is 418 Å². The highest BCUT2D eigenvalue weighted by atomic mass is 16.5. The number of rotatable bonds is 21. The predicted octanol–water partition coefficient (Wildman–Crippen LogP) is 9.52. The van der Waals surface area contributed by atoms with Crippen LogP contribution in [-0.4, -0.2) is 191 Å². The second-order valence-electron chi connectivity index (χ2n) is 29.7. The fourth-order valence-corrected chi connectivity index (χ4v) is 15.7. The highest BCUT2D eigenvalue weighted by molar-refractivity contribution is 5.92. The van der Waals surface area contributed by atoms with E-state index < -0.39 is 23.9 Å². The van der Waals surface area contributed by atoms with Crippen LogP contribution in [0.2, 0.25) is 0 Å². The van der Waals surface area contributed by atoms with Crippen LogP contribution in [0.3, 0.4) is 0 Å². The van der Waals surface area contributed by atoms with Gasteiger partial charge in [0.05, 0.1) is 55.4 Å². The summed E-state index contributed by atoms with van der Waals surface area (Å²) in [7, 11) is 2.68. The van der Waals surface area contributed by atoms with Crippen molar-refractivity contribution in [3.05, 3.63) is 274 Å². The first kappa shape index (κ1) is 77.3. The van der Waals surface area contributed by atoms with Crippen LogP contribution < -0.4 is 16.0 Å². The molecule has 120 heavy (non-hydrogen) atoms. The van der Waals surface area contributed by atoms with Crippen molar-refractivity contribution in [2.45, 2.75) is 102 Å². The molecule has 0 atom stereocenters. The largest absolute Gasteiger partial charge is 0.480 e. The number of esters is 2. The number of anilines is 3. The molecule has 0 radical (unpaired) electrons. The average Bonchev–Trinajstić information content (AvgIpc) is 1.66. The van der Waals surface area contributed by atoms with E-state index in [-0.39, 0.29) is 55.1 Å². The first-order chi connectivity index (χ1) is 58.5. The van der Waals surface area contributed by atoms with E-state index in [1.807, 2.05) is 24.5 Å². The van der Waals surface area contributed by atoms with Gasteiger partial charge in [0.1, 0.15) is 48.1 Å². The second-order valence-corrected chi connectivity index (χ2v) is 29.7. The quantitative estimate of drug-likeness (QED) is 0.0329. The van der Waals surface area contributed by atoms with E-state index in [1.165, 1.54) is 64.4 Å². The van der Waals surface area contributed by atoms with Crippen LogP contribution in [0.25, 0.3) is 67.2 Å². The fourth-order valence-electron chi connectivity index (χ4n) is 15.7. The molecule has 6 aromatic carbocycles. The number of carbonyl (C=O) groups excluding carboxylic acids is 4. The van der Waals surface area contributed by atoms with Crippen LogP contribution >= 0.6 is 0 Å². The maximum atomic E-state index is 13.3. The zero-order valence-corrected chi connectivity index (χ0v) is 65.1. The normalized spacial score (nSPS) is 13.9. The van der Waals surface area contributed by atoms with Crippen molar-refractivity contribution >= 4 is 53.5 Å². The summed E-state index contributed by atoms with van der Waals surface area (Å²) >= 11 is 0. The molecule has 33 heteroatoms. The minimum atomic E-state index is -1.00. The van der Waals surface area contributed by atoms with Crippen LogP contribution in [0.15, 0.2) is 201 Å². The molecule has 7 N–H and O–H groups in total. The van der Waals surface area contributed by atoms with Gasteiger partial charge >= 0.3 is 23.9 Å². The summed E-state index contributed by atoms with van der Waals surface area (Å²) in [4.78, 5) is 104. The van der Waals surface area contributed by atoms with E-state index in [4.69, 9.17) is 19.7 Å². The molecule has 8 aromatic heterocycles. The molecule has 10 heterocycles. The van der Waals surface area contributed by atoms with Gasteiger partial charge in [-0.1, -0.05) is 109 Å². The van der Waals surface area contributed by atoms with Gasteiger partial charge in [0.15, 0.2) is 0 Å². The summed E-state index contributed by atoms with van der Waals surface area (Å²) in [6, 6.07) is 46.3. The van der Waals surface area contributed by atoms with Gasteiger partial charge in [0, 0.05) is 150 Å². The van der Waals surface area contributed by atoms with Crippen molar-refractivity contribution in [2.75, 3.05) is 43.3 Å². The molecular weight excluding hydrogens is 1530 g/mol. The van der Waals surface area contributed by atoms with Crippen LogP contribution in [0.1, 0.15) is 87.2 Å². The molecule has 0 saturated heterocycles. The lowest BCUT2D eigenvalue weighted by molar-refractivity contribution is -0.138. The number of nitrogens with one attached hydrogen (secondary N) is 5. The molecule has 14 aromatic rings. The van der Waals surface area contributed by atoms with E-state index in [0.29, 0.717) is 96.2 Å². The van der Waals surface area contributed by atoms with Gasteiger partial charge < -0.3 is 45.4 Å². The number of H-pyrrole nitrogens is 2. The summed E-state index contributed by atoms with van der Waals surface area (Å²) in [6.45, 7) is 1.76. The Kier molecular flexibility index (Phi) is 22.1. The van der Waals surface area contributed by atoms with Crippen LogP contribution in [0.5, 0.6) is 0 Å². The molecule has 0 unspecified atom stereocenters. The van der Waals surface area contributed by atoms with Crippen molar-refractivity contribution in [2.24, 2.45) is 0 Å². The lowest BCUT2D eigenvalue weighted by atomic mass is 10.0. The molecule has 0 fully saturated rings. The number of hydrogen-bond acceptors (Lipinski definition) is 24.